The second-order valence-electron chi connectivity index (χ2n) is 4.00. The molecule has 0 unspecified atom stereocenters. The lowest BCUT2D eigenvalue weighted by atomic mass is 10.1. The van der Waals surface area contributed by atoms with Gasteiger partial charge in [0.25, 0.3) is 0 Å². The lowest BCUT2D eigenvalue weighted by Crippen LogP contribution is -2.17. The van der Waals surface area contributed by atoms with Crippen LogP contribution in [0.4, 0.5) is 11.6 Å². The van der Waals surface area contributed by atoms with Gasteiger partial charge in [0.05, 0.1) is 14.2 Å². The number of nitrogens with two attached hydrogens (primary N) is 1. The number of hydrogen-bond acceptors (Lipinski definition) is 7. The minimum Gasteiger partial charge on any atom is -0.467 e. The fourth-order valence-corrected chi connectivity index (χ4v) is 1.78. The first kappa shape index (κ1) is 14.0. The van der Waals surface area contributed by atoms with Gasteiger partial charge in [-0.15, -0.1) is 4.98 Å². The Hall–Kier alpha value is -2.41. The number of ether oxygens (including phenoxy) is 2. The van der Waals surface area contributed by atoms with Crippen LogP contribution in [0.3, 0.4) is 0 Å². The largest absolute Gasteiger partial charge is 0.467 e. The van der Waals surface area contributed by atoms with Crippen LogP contribution in [0, 0.1) is 0 Å². The number of aromatic nitrogens is 3. The second-order valence-corrected chi connectivity index (χ2v) is 4.00. The van der Waals surface area contributed by atoms with Gasteiger partial charge in [0.1, 0.15) is 0 Å². The maximum atomic E-state index is 5.75. The Morgan fingerprint density at radius 3 is 2.20 bits per heavy atom. The molecule has 1 heterocycles. The first-order valence-corrected chi connectivity index (χ1v) is 6.05. The zero-order valence-electron chi connectivity index (χ0n) is 11.7. The van der Waals surface area contributed by atoms with Crippen LogP contribution in [-0.4, -0.2) is 36.2 Å². The van der Waals surface area contributed by atoms with Gasteiger partial charge < -0.3 is 20.1 Å². The molecule has 2 rings (SSSR count). The molecule has 0 aliphatic heterocycles. The first-order chi connectivity index (χ1) is 9.69. The molecule has 7 heteroatoms. The van der Waals surface area contributed by atoms with Gasteiger partial charge in [-0.2, -0.15) is 9.97 Å². The first-order valence-electron chi connectivity index (χ1n) is 6.05. The highest BCUT2D eigenvalue weighted by Crippen LogP contribution is 2.26. The zero-order chi connectivity index (χ0) is 14.5. The molecule has 0 amide bonds. The summed E-state index contributed by atoms with van der Waals surface area (Å²) in [5.74, 6) is 0.426. The predicted octanol–water partition coefficient (Wildman–Crippen LogP) is 1.12. The fraction of sp³-hybridized carbons (Fsp3) is 0.308. The summed E-state index contributed by atoms with van der Waals surface area (Å²) in [6.07, 6.45) is 0. The Morgan fingerprint density at radius 1 is 1.05 bits per heavy atom. The van der Waals surface area contributed by atoms with Gasteiger partial charge in [0.2, 0.25) is 5.95 Å². The van der Waals surface area contributed by atoms with E-state index in [2.05, 4.69) is 15.0 Å². The van der Waals surface area contributed by atoms with E-state index in [9.17, 15) is 0 Å². The molecule has 0 spiro atoms. The van der Waals surface area contributed by atoms with Crippen molar-refractivity contribution in [3.63, 3.8) is 0 Å². The summed E-state index contributed by atoms with van der Waals surface area (Å²) in [4.78, 5) is 14.2. The van der Waals surface area contributed by atoms with Crippen LogP contribution in [0.1, 0.15) is 5.56 Å². The minimum atomic E-state index is 0.198. The van der Waals surface area contributed by atoms with E-state index in [1.807, 2.05) is 36.2 Å². The van der Waals surface area contributed by atoms with Gasteiger partial charge in [0, 0.05) is 19.3 Å². The van der Waals surface area contributed by atoms with E-state index in [0.717, 1.165) is 11.3 Å². The van der Waals surface area contributed by atoms with Crippen LogP contribution in [-0.2, 0) is 6.54 Å². The molecule has 0 fully saturated rings. The molecule has 0 saturated heterocycles. The van der Waals surface area contributed by atoms with Crippen molar-refractivity contribution in [2.24, 2.45) is 5.73 Å². The number of hydrogen-bond donors (Lipinski definition) is 1. The third-order valence-corrected chi connectivity index (χ3v) is 2.82. The van der Waals surface area contributed by atoms with Gasteiger partial charge >= 0.3 is 12.0 Å². The van der Waals surface area contributed by atoms with Crippen molar-refractivity contribution in [1.29, 1.82) is 0 Å². The molecule has 0 bridgehead atoms. The van der Waals surface area contributed by atoms with E-state index in [-0.39, 0.29) is 12.0 Å². The Bertz CT molecular complexity index is 568. The highest BCUT2D eigenvalue weighted by molar-refractivity contribution is 5.61. The van der Waals surface area contributed by atoms with Crippen LogP contribution in [0.2, 0.25) is 0 Å². The summed E-state index contributed by atoms with van der Waals surface area (Å²) in [5, 5.41) is 0. The van der Waals surface area contributed by atoms with Crippen molar-refractivity contribution in [3.05, 3.63) is 29.8 Å². The van der Waals surface area contributed by atoms with Crippen LogP contribution in [0.5, 0.6) is 12.0 Å². The van der Waals surface area contributed by atoms with Crippen molar-refractivity contribution in [2.75, 3.05) is 26.2 Å². The molecule has 0 saturated carbocycles. The monoisotopic (exact) mass is 275 g/mol. The molecule has 0 radical (unpaired) electrons. The quantitative estimate of drug-likeness (QED) is 0.874. The maximum Gasteiger partial charge on any atom is 0.324 e. The molecule has 2 aromatic rings. The SMILES string of the molecule is COc1nc(OC)nc(N(C)c2ccccc2CN)n1. The summed E-state index contributed by atoms with van der Waals surface area (Å²) >= 11 is 0. The van der Waals surface area contributed by atoms with Crippen LogP contribution in [0.25, 0.3) is 0 Å². The molecule has 0 aliphatic carbocycles. The van der Waals surface area contributed by atoms with Gasteiger partial charge in [0.15, 0.2) is 0 Å². The molecule has 0 aliphatic rings. The Labute approximate surface area is 117 Å². The van der Waals surface area contributed by atoms with E-state index in [4.69, 9.17) is 15.2 Å². The molecule has 1 aromatic carbocycles. The molecule has 1 aromatic heterocycles. The van der Waals surface area contributed by atoms with Crippen LogP contribution in [0.15, 0.2) is 24.3 Å². The second kappa shape index (κ2) is 6.16. The average molecular weight is 275 g/mol. The number of rotatable bonds is 5. The highest BCUT2D eigenvalue weighted by atomic mass is 16.5. The molecular formula is C13H17N5O2. The topological polar surface area (TPSA) is 86.4 Å². The van der Waals surface area contributed by atoms with Crippen LogP contribution < -0.4 is 20.1 Å². The van der Waals surface area contributed by atoms with Crippen molar-refractivity contribution in [1.82, 2.24) is 15.0 Å². The Morgan fingerprint density at radius 2 is 1.65 bits per heavy atom. The smallest absolute Gasteiger partial charge is 0.324 e. The summed E-state index contributed by atoms with van der Waals surface area (Å²) in [6.45, 7) is 0.430. The number of methoxy groups -OCH3 is 2. The summed E-state index contributed by atoms with van der Waals surface area (Å²) in [5.41, 5.74) is 7.66. The van der Waals surface area contributed by atoms with Crippen molar-refractivity contribution in [3.8, 4) is 12.0 Å². The van der Waals surface area contributed by atoms with Gasteiger partial charge in [-0.25, -0.2) is 0 Å². The predicted molar refractivity (Wildman–Crippen MR) is 75.3 cm³/mol. The minimum absolute atomic E-state index is 0.198. The van der Waals surface area contributed by atoms with Gasteiger partial charge in [-0.05, 0) is 11.6 Å². The average Bonchev–Trinajstić information content (AvgIpc) is 2.53. The molecule has 2 N–H and O–H groups in total. The molecule has 20 heavy (non-hydrogen) atoms. The molecule has 106 valence electrons. The zero-order valence-corrected chi connectivity index (χ0v) is 11.7. The maximum absolute atomic E-state index is 5.75. The lowest BCUT2D eigenvalue weighted by molar-refractivity contribution is 0.340. The van der Waals surface area contributed by atoms with E-state index >= 15 is 0 Å². The molecule has 0 atom stereocenters. The van der Waals surface area contributed by atoms with Crippen molar-refractivity contribution < 1.29 is 9.47 Å². The molecular weight excluding hydrogens is 258 g/mol. The summed E-state index contributed by atoms with van der Waals surface area (Å²) in [6, 6.07) is 8.18. The Kier molecular flexibility index (Phi) is 4.31. The van der Waals surface area contributed by atoms with E-state index in [1.165, 1.54) is 14.2 Å². The summed E-state index contributed by atoms with van der Waals surface area (Å²) in [7, 11) is 4.83. The number of nitrogens with zero attached hydrogens (tertiary/aromatic N) is 4. The number of benzene rings is 1. The highest BCUT2D eigenvalue weighted by Gasteiger charge is 2.14. The van der Waals surface area contributed by atoms with Gasteiger partial charge in [-0.1, -0.05) is 18.2 Å². The lowest BCUT2D eigenvalue weighted by Gasteiger charge is -2.20. The van der Waals surface area contributed by atoms with E-state index in [0.29, 0.717) is 12.5 Å². The third kappa shape index (κ3) is 2.77. The number of para-hydroxylation sites is 1. The van der Waals surface area contributed by atoms with Crippen molar-refractivity contribution >= 4 is 11.6 Å². The normalized spacial score (nSPS) is 10.2. The standard InChI is InChI=1S/C13H17N5O2/c1-18(10-7-5-4-6-9(10)8-14)11-15-12(19-2)17-13(16-11)20-3/h4-7H,8,14H2,1-3H3. The van der Waals surface area contributed by atoms with E-state index in [1.54, 1.807) is 0 Å². The fourth-order valence-electron chi connectivity index (χ4n) is 1.78. The van der Waals surface area contributed by atoms with Crippen molar-refractivity contribution in [2.45, 2.75) is 6.54 Å². The Balaban J connectivity index is 2.44. The third-order valence-electron chi connectivity index (χ3n) is 2.82. The summed E-state index contributed by atoms with van der Waals surface area (Å²) < 4.78 is 10.1. The number of anilines is 2. The van der Waals surface area contributed by atoms with E-state index < -0.39 is 0 Å². The molecule has 7 nitrogen and oxygen atoms in total. The van der Waals surface area contributed by atoms with Gasteiger partial charge in [-0.3, -0.25) is 0 Å². The van der Waals surface area contributed by atoms with Crippen LogP contribution >= 0.6 is 0 Å².